The minimum Gasteiger partial charge on any atom is -0.493 e. The molecule has 0 radical (unpaired) electrons. The quantitative estimate of drug-likeness (QED) is 0.785. The number of hydrogen-bond acceptors (Lipinski definition) is 7. The standard InChI is InChI=1S/C16H19N5O2/c1-3-4-8-23-14-10(6-5-7-12(14)22-2)13-11(9-17)15(18)21-16(19)20-13/h5-7H,3-4,8H2,1-2H3,(H4,18,19,20,21). The molecule has 120 valence electrons. The lowest BCUT2D eigenvalue weighted by atomic mass is 10.1. The van der Waals surface area contributed by atoms with Gasteiger partial charge in [0.15, 0.2) is 11.5 Å². The zero-order valence-electron chi connectivity index (χ0n) is 13.2. The maximum Gasteiger partial charge on any atom is 0.222 e. The molecule has 1 heterocycles. The van der Waals surface area contributed by atoms with Crippen LogP contribution in [0.5, 0.6) is 11.5 Å². The number of rotatable bonds is 6. The molecule has 0 saturated carbocycles. The summed E-state index contributed by atoms with van der Waals surface area (Å²) in [6.45, 7) is 2.61. The van der Waals surface area contributed by atoms with E-state index in [0.717, 1.165) is 12.8 Å². The summed E-state index contributed by atoms with van der Waals surface area (Å²) in [5.74, 6) is 1.10. The molecule has 0 atom stereocenters. The molecule has 0 unspecified atom stereocenters. The van der Waals surface area contributed by atoms with Crippen molar-refractivity contribution in [3.63, 3.8) is 0 Å². The predicted octanol–water partition coefficient (Wildman–Crippen LogP) is 2.37. The van der Waals surface area contributed by atoms with E-state index in [-0.39, 0.29) is 17.3 Å². The Morgan fingerprint density at radius 2 is 2.04 bits per heavy atom. The van der Waals surface area contributed by atoms with E-state index in [1.165, 1.54) is 0 Å². The van der Waals surface area contributed by atoms with Crippen LogP contribution in [-0.4, -0.2) is 23.7 Å². The second-order valence-corrected chi connectivity index (χ2v) is 4.84. The number of nitrogen functional groups attached to an aromatic ring is 2. The molecule has 0 aliphatic rings. The number of ether oxygens (including phenoxy) is 2. The zero-order chi connectivity index (χ0) is 16.8. The van der Waals surface area contributed by atoms with Crippen LogP contribution in [0.15, 0.2) is 18.2 Å². The van der Waals surface area contributed by atoms with Gasteiger partial charge in [-0.3, -0.25) is 0 Å². The van der Waals surface area contributed by atoms with Crippen molar-refractivity contribution in [2.45, 2.75) is 19.8 Å². The van der Waals surface area contributed by atoms with Gasteiger partial charge < -0.3 is 20.9 Å². The lowest BCUT2D eigenvalue weighted by molar-refractivity contribution is 0.289. The van der Waals surface area contributed by atoms with Gasteiger partial charge in [0.1, 0.15) is 17.5 Å². The Morgan fingerprint density at radius 3 is 2.70 bits per heavy atom. The third kappa shape index (κ3) is 3.43. The summed E-state index contributed by atoms with van der Waals surface area (Å²) in [5.41, 5.74) is 12.6. The second-order valence-electron chi connectivity index (χ2n) is 4.84. The van der Waals surface area contributed by atoms with Gasteiger partial charge in [-0.2, -0.15) is 10.2 Å². The molecule has 7 heteroatoms. The van der Waals surface area contributed by atoms with Crippen molar-refractivity contribution in [3.8, 4) is 28.8 Å². The first-order chi connectivity index (χ1) is 11.1. The lowest BCUT2D eigenvalue weighted by Gasteiger charge is -2.15. The van der Waals surface area contributed by atoms with Crippen LogP contribution in [-0.2, 0) is 0 Å². The highest BCUT2D eigenvalue weighted by molar-refractivity contribution is 5.79. The van der Waals surface area contributed by atoms with Gasteiger partial charge in [0.2, 0.25) is 5.95 Å². The van der Waals surface area contributed by atoms with Crippen molar-refractivity contribution < 1.29 is 9.47 Å². The average Bonchev–Trinajstić information content (AvgIpc) is 2.54. The van der Waals surface area contributed by atoms with Crippen LogP contribution < -0.4 is 20.9 Å². The van der Waals surface area contributed by atoms with E-state index >= 15 is 0 Å². The lowest BCUT2D eigenvalue weighted by Crippen LogP contribution is -2.07. The highest BCUT2D eigenvalue weighted by Crippen LogP contribution is 2.39. The van der Waals surface area contributed by atoms with Crippen molar-refractivity contribution in [1.82, 2.24) is 9.97 Å². The maximum absolute atomic E-state index is 9.36. The summed E-state index contributed by atoms with van der Waals surface area (Å²) in [5, 5.41) is 9.36. The SMILES string of the molecule is CCCCOc1c(OC)cccc1-c1nc(N)nc(N)c1C#N. The van der Waals surface area contributed by atoms with E-state index in [0.29, 0.717) is 29.4 Å². The second kappa shape index (κ2) is 7.31. The fourth-order valence-corrected chi connectivity index (χ4v) is 2.13. The van der Waals surface area contributed by atoms with E-state index in [2.05, 4.69) is 16.9 Å². The Morgan fingerprint density at radius 1 is 1.26 bits per heavy atom. The third-order valence-corrected chi connectivity index (χ3v) is 3.26. The molecule has 0 saturated heterocycles. The molecule has 2 aromatic rings. The van der Waals surface area contributed by atoms with Gasteiger partial charge in [0.25, 0.3) is 0 Å². The fourth-order valence-electron chi connectivity index (χ4n) is 2.13. The average molecular weight is 313 g/mol. The van der Waals surface area contributed by atoms with Crippen molar-refractivity contribution in [3.05, 3.63) is 23.8 Å². The molecule has 0 aliphatic carbocycles. The van der Waals surface area contributed by atoms with Crippen molar-refractivity contribution in [2.75, 3.05) is 25.2 Å². The molecule has 0 bridgehead atoms. The summed E-state index contributed by atoms with van der Waals surface area (Å²) in [6, 6.07) is 7.37. The van der Waals surface area contributed by atoms with Crippen LogP contribution in [0.4, 0.5) is 11.8 Å². The number of unbranched alkanes of at least 4 members (excludes halogenated alkanes) is 1. The van der Waals surface area contributed by atoms with Crippen LogP contribution in [0.1, 0.15) is 25.3 Å². The molecule has 0 amide bonds. The number of nitriles is 1. The molecular formula is C16H19N5O2. The molecule has 7 nitrogen and oxygen atoms in total. The number of hydrogen-bond donors (Lipinski definition) is 2. The van der Waals surface area contributed by atoms with E-state index < -0.39 is 0 Å². The van der Waals surface area contributed by atoms with Gasteiger partial charge in [-0.1, -0.05) is 19.4 Å². The molecule has 0 fully saturated rings. The smallest absolute Gasteiger partial charge is 0.222 e. The Balaban J connectivity index is 2.62. The molecule has 1 aromatic heterocycles. The molecular weight excluding hydrogens is 294 g/mol. The van der Waals surface area contributed by atoms with E-state index in [4.69, 9.17) is 20.9 Å². The van der Waals surface area contributed by atoms with Crippen LogP contribution >= 0.6 is 0 Å². The predicted molar refractivity (Wildman–Crippen MR) is 88.0 cm³/mol. The normalized spacial score (nSPS) is 10.1. The summed E-state index contributed by atoms with van der Waals surface area (Å²) in [6.07, 6.45) is 1.90. The highest BCUT2D eigenvalue weighted by atomic mass is 16.5. The molecule has 0 spiro atoms. The van der Waals surface area contributed by atoms with Crippen molar-refractivity contribution >= 4 is 11.8 Å². The molecule has 4 N–H and O–H groups in total. The largest absolute Gasteiger partial charge is 0.493 e. The van der Waals surface area contributed by atoms with Gasteiger partial charge in [-0.25, -0.2) is 4.98 Å². The number of aromatic nitrogens is 2. The first kappa shape index (κ1) is 16.4. The van der Waals surface area contributed by atoms with Crippen molar-refractivity contribution in [2.24, 2.45) is 0 Å². The van der Waals surface area contributed by atoms with E-state index in [9.17, 15) is 5.26 Å². The zero-order valence-corrected chi connectivity index (χ0v) is 13.2. The fraction of sp³-hybridized carbons (Fsp3) is 0.312. The summed E-state index contributed by atoms with van der Waals surface area (Å²) in [7, 11) is 1.56. The molecule has 1 aromatic carbocycles. The first-order valence-corrected chi connectivity index (χ1v) is 7.25. The van der Waals surface area contributed by atoms with Gasteiger partial charge in [-0.15, -0.1) is 0 Å². The summed E-state index contributed by atoms with van der Waals surface area (Å²) < 4.78 is 11.2. The first-order valence-electron chi connectivity index (χ1n) is 7.25. The number of methoxy groups -OCH3 is 1. The molecule has 23 heavy (non-hydrogen) atoms. The minimum atomic E-state index is -0.00109. The summed E-state index contributed by atoms with van der Waals surface area (Å²) >= 11 is 0. The number of benzene rings is 1. The Bertz CT molecular complexity index is 740. The Kier molecular flexibility index (Phi) is 5.20. The number of nitrogens with two attached hydrogens (primary N) is 2. The number of para-hydroxylation sites is 1. The van der Waals surface area contributed by atoms with E-state index in [1.54, 1.807) is 25.3 Å². The van der Waals surface area contributed by atoms with Crippen LogP contribution in [0.3, 0.4) is 0 Å². The van der Waals surface area contributed by atoms with Gasteiger partial charge in [0, 0.05) is 5.56 Å². The van der Waals surface area contributed by atoms with Gasteiger partial charge in [0.05, 0.1) is 19.4 Å². The topological polar surface area (TPSA) is 120 Å². The Hall–Kier alpha value is -3.01. The van der Waals surface area contributed by atoms with E-state index in [1.807, 2.05) is 6.07 Å². The van der Waals surface area contributed by atoms with Crippen LogP contribution in [0, 0.1) is 11.3 Å². The summed E-state index contributed by atoms with van der Waals surface area (Å²) in [4.78, 5) is 8.00. The van der Waals surface area contributed by atoms with Crippen molar-refractivity contribution in [1.29, 1.82) is 5.26 Å². The Labute approximate surface area is 134 Å². The number of anilines is 2. The van der Waals surface area contributed by atoms with Gasteiger partial charge >= 0.3 is 0 Å². The highest BCUT2D eigenvalue weighted by Gasteiger charge is 2.19. The monoisotopic (exact) mass is 313 g/mol. The minimum absolute atomic E-state index is 0.00109. The number of nitrogens with zero attached hydrogens (tertiary/aromatic N) is 3. The molecule has 0 aliphatic heterocycles. The third-order valence-electron chi connectivity index (χ3n) is 3.26. The molecule has 2 rings (SSSR count). The van der Waals surface area contributed by atoms with Crippen LogP contribution in [0.2, 0.25) is 0 Å². The maximum atomic E-state index is 9.36. The van der Waals surface area contributed by atoms with Gasteiger partial charge in [-0.05, 0) is 18.6 Å². The van der Waals surface area contributed by atoms with Crippen LogP contribution in [0.25, 0.3) is 11.3 Å².